The van der Waals surface area contributed by atoms with Crippen LogP contribution in [-0.4, -0.2) is 17.8 Å². The van der Waals surface area contributed by atoms with Gasteiger partial charge in [-0.1, -0.05) is 0 Å². The maximum atomic E-state index is 12.8. The molecule has 1 unspecified atom stereocenters. The Kier molecular flexibility index (Phi) is 4.33. The van der Waals surface area contributed by atoms with E-state index in [9.17, 15) is 14.0 Å². The van der Waals surface area contributed by atoms with Crippen molar-refractivity contribution in [1.82, 2.24) is 0 Å². The minimum Gasteiger partial charge on any atom is -0.483 e. The highest BCUT2D eigenvalue weighted by atomic mass is 19.1. The number of ketones is 1. The van der Waals surface area contributed by atoms with Crippen molar-refractivity contribution in [2.45, 2.75) is 13.0 Å². The Labute approximate surface area is 121 Å². The molecule has 0 heterocycles. The molecular formula is C16H14FNO3. The number of primary amides is 1. The van der Waals surface area contributed by atoms with Gasteiger partial charge < -0.3 is 10.5 Å². The average Bonchev–Trinajstić information content (AvgIpc) is 2.47. The lowest BCUT2D eigenvalue weighted by molar-refractivity contribution is 0.0817. The molecule has 0 aliphatic carbocycles. The Balaban J connectivity index is 2.06. The molecule has 2 aromatic rings. The van der Waals surface area contributed by atoms with E-state index in [4.69, 9.17) is 10.5 Å². The summed E-state index contributed by atoms with van der Waals surface area (Å²) in [5.74, 6) is -0.740. The first-order chi connectivity index (χ1) is 9.97. The SMILES string of the molecule is CC(Oc1ccc(C(N)=O)cc1)C(=O)c1ccc(F)cc1. The second-order valence-electron chi connectivity index (χ2n) is 4.52. The molecule has 2 aromatic carbocycles. The molecule has 1 atom stereocenters. The minimum atomic E-state index is -0.727. The number of benzene rings is 2. The zero-order chi connectivity index (χ0) is 15.4. The minimum absolute atomic E-state index is 0.256. The largest absolute Gasteiger partial charge is 0.483 e. The second kappa shape index (κ2) is 6.17. The van der Waals surface area contributed by atoms with Crippen LogP contribution in [0.1, 0.15) is 27.6 Å². The van der Waals surface area contributed by atoms with Crippen LogP contribution in [0.2, 0.25) is 0 Å². The molecule has 108 valence electrons. The summed E-state index contributed by atoms with van der Waals surface area (Å²) >= 11 is 0. The Morgan fingerprint density at radius 2 is 1.52 bits per heavy atom. The normalized spacial score (nSPS) is 11.7. The van der Waals surface area contributed by atoms with Crippen molar-refractivity contribution in [3.05, 3.63) is 65.5 Å². The fourth-order valence-corrected chi connectivity index (χ4v) is 1.80. The van der Waals surface area contributed by atoms with Gasteiger partial charge in [0, 0.05) is 11.1 Å². The maximum absolute atomic E-state index is 12.8. The Hall–Kier alpha value is -2.69. The van der Waals surface area contributed by atoms with Crippen LogP contribution >= 0.6 is 0 Å². The van der Waals surface area contributed by atoms with Crippen molar-refractivity contribution in [2.24, 2.45) is 5.73 Å². The standard InChI is InChI=1S/C16H14FNO3/c1-10(15(19)11-2-6-13(17)7-3-11)21-14-8-4-12(5-9-14)16(18)20/h2-10H,1H3,(H2,18,20). The third-order valence-electron chi connectivity index (χ3n) is 2.95. The number of hydrogen-bond acceptors (Lipinski definition) is 3. The summed E-state index contributed by atoms with van der Waals surface area (Å²) in [7, 11) is 0. The number of hydrogen-bond donors (Lipinski definition) is 1. The molecule has 1 amide bonds. The molecule has 2 rings (SSSR count). The van der Waals surface area contributed by atoms with Crippen molar-refractivity contribution in [2.75, 3.05) is 0 Å². The summed E-state index contributed by atoms with van der Waals surface area (Å²) < 4.78 is 18.3. The molecular weight excluding hydrogens is 273 g/mol. The zero-order valence-electron chi connectivity index (χ0n) is 11.4. The van der Waals surface area contributed by atoms with Crippen LogP contribution in [-0.2, 0) is 0 Å². The number of ether oxygens (including phenoxy) is 1. The molecule has 0 saturated carbocycles. The summed E-state index contributed by atoms with van der Waals surface area (Å²) in [6.07, 6.45) is -0.727. The number of rotatable bonds is 5. The predicted molar refractivity (Wildman–Crippen MR) is 75.8 cm³/mol. The number of halogens is 1. The third kappa shape index (κ3) is 3.66. The van der Waals surface area contributed by atoms with Crippen LogP contribution in [0, 0.1) is 5.82 Å². The van der Waals surface area contributed by atoms with Crippen molar-refractivity contribution < 1.29 is 18.7 Å². The van der Waals surface area contributed by atoms with E-state index in [0.29, 0.717) is 16.9 Å². The van der Waals surface area contributed by atoms with Crippen LogP contribution in [0.25, 0.3) is 0 Å². The quantitative estimate of drug-likeness (QED) is 0.859. The van der Waals surface area contributed by atoms with Gasteiger partial charge in [0.05, 0.1) is 0 Å². The van der Waals surface area contributed by atoms with Crippen LogP contribution in [0.3, 0.4) is 0 Å². The smallest absolute Gasteiger partial charge is 0.248 e. The van der Waals surface area contributed by atoms with Gasteiger partial charge in [0.2, 0.25) is 11.7 Å². The van der Waals surface area contributed by atoms with Gasteiger partial charge in [0.1, 0.15) is 11.6 Å². The second-order valence-corrected chi connectivity index (χ2v) is 4.52. The molecule has 0 aromatic heterocycles. The molecule has 2 N–H and O–H groups in total. The molecule has 5 heteroatoms. The molecule has 0 bridgehead atoms. The van der Waals surface area contributed by atoms with Crippen molar-refractivity contribution in [3.8, 4) is 5.75 Å². The summed E-state index contributed by atoms with van der Waals surface area (Å²) in [6, 6.07) is 11.4. The fourth-order valence-electron chi connectivity index (χ4n) is 1.80. The molecule has 0 aliphatic rings. The maximum Gasteiger partial charge on any atom is 0.248 e. The Bertz CT molecular complexity index is 650. The summed E-state index contributed by atoms with van der Waals surface area (Å²) in [4.78, 5) is 23.1. The summed E-state index contributed by atoms with van der Waals surface area (Å²) in [5.41, 5.74) is 5.87. The van der Waals surface area contributed by atoms with Gasteiger partial charge in [-0.05, 0) is 55.5 Å². The van der Waals surface area contributed by atoms with Crippen LogP contribution in [0.15, 0.2) is 48.5 Å². The fraction of sp³-hybridized carbons (Fsp3) is 0.125. The topological polar surface area (TPSA) is 69.4 Å². The van der Waals surface area contributed by atoms with Gasteiger partial charge in [-0.15, -0.1) is 0 Å². The number of carbonyl (C=O) groups excluding carboxylic acids is 2. The highest BCUT2D eigenvalue weighted by molar-refractivity contribution is 5.99. The molecule has 0 aliphatic heterocycles. The first-order valence-electron chi connectivity index (χ1n) is 6.33. The first-order valence-corrected chi connectivity index (χ1v) is 6.33. The van der Waals surface area contributed by atoms with Crippen molar-refractivity contribution >= 4 is 11.7 Å². The molecule has 4 nitrogen and oxygen atoms in total. The zero-order valence-corrected chi connectivity index (χ0v) is 11.4. The van der Waals surface area contributed by atoms with Crippen LogP contribution in [0.4, 0.5) is 4.39 Å². The monoisotopic (exact) mass is 287 g/mol. The van der Waals surface area contributed by atoms with E-state index < -0.39 is 17.8 Å². The van der Waals surface area contributed by atoms with E-state index in [-0.39, 0.29) is 5.78 Å². The lowest BCUT2D eigenvalue weighted by Gasteiger charge is -2.14. The van der Waals surface area contributed by atoms with E-state index in [2.05, 4.69) is 0 Å². The average molecular weight is 287 g/mol. The van der Waals surface area contributed by atoms with Crippen molar-refractivity contribution in [3.63, 3.8) is 0 Å². The number of nitrogens with two attached hydrogens (primary N) is 1. The van der Waals surface area contributed by atoms with E-state index in [1.54, 1.807) is 19.1 Å². The number of Topliss-reactive ketones (excluding diaryl/α,β-unsaturated/α-hetero) is 1. The summed E-state index contributed by atoms with van der Waals surface area (Å²) in [5, 5.41) is 0. The van der Waals surface area contributed by atoms with Crippen molar-refractivity contribution in [1.29, 1.82) is 0 Å². The van der Waals surface area contributed by atoms with Crippen LogP contribution < -0.4 is 10.5 Å². The van der Waals surface area contributed by atoms with E-state index in [0.717, 1.165) is 0 Å². The first kappa shape index (κ1) is 14.7. The van der Waals surface area contributed by atoms with Gasteiger partial charge in [0.25, 0.3) is 0 Å². The summed E-state index contributed by atoms with van der Waals surface area (Å²) in [6.45, 7) is 1.60. The third-order valence-corrected chi connectivity index (χ3v) is 2.95. The molecule has 0 radical (unpaired) electrons. The molecule has 0 spiro atoms. The highest BCUT2D eigenvalue weighted by Crippen LogP contribution is 2.16. The molecule has 0 saturated heterocycles. The van der Waals surface area contributed by atoms with Gasteiger partial charge in [-0.25, -0.2) is 4.39 Å². The van der Waals surface area contributed by atoms with Gasteiger partial charge >= 0.3 is 0 Å². The molecule has 0 fully saturated rings. The van der Waals surface area contributed by atoms with Gasteiger partial charge in [-0.2, -0.15) is 0 Å². The number of carbonyl (C=O) groups is 2. The van der Waals surface area contributed by atoms with Gasteiger partial charge in [0.15, 0.2) is 6.10 Å². The Morgan fingerprint density at radius 1 is 1.00 bits per heavy atom. The van der Waals surface area contributed by atoms with E-state index in [1.165, 1.54) is 36.4 Å². The van der Waals surface area contributed by atoms with E-state index >= 15 is 0 Å². The Morgan fingerprint density at radius 3 is 2.05 bits per heavy atom. The van der Waals surface area contributed by atoms with E-state index in [1.807, 2.05) is 0 Å². The number of amides is 1. The molecule has 21 heavy (non-hydrogen) atoms. The highest BCUT2D eigenvalue weighted by Gasteiger charge is 2.17. The van der Waals surface area contributed by atoms with Gasteiger partial charge in [-0.3, -0.25) is 9.59 Å². The predicted octanol–water partition coefficient (Wildman–Crippen LogP) is 2.57. The lowest BCUT2D eigenvalue weighted by Crippen LogP contribution is -2.24. The van der Waals surface area contributed by atoms with Crippen LogP contribution in [0.5, 0.6) is 5.75 Å². The lowest BCUT2D eigenvalue weighted by atomic mass is 10.1.